The number of carbonyl (C=O) groups excluding carboxylic acids is 3. The van der Waals surface area contributed by atoms with Crippen LogP contribution in [0.5, 0.6) is 0 Å². The van der Waals surface area contributed by atoms with E-state index in [2.05, 4.69) is 20.9 Å². The second-order valence-corrected chi connectivity index (χ2v) is 7.89. The summed E-state index contributed by atoms with van der Waals surface area (Å²) in [5.41, 5.74) is 21.8. The van der Waals surface area contributed by atoms with Gasteiger partial charge in [0.05, 0.1) is 12.6 Å². The van der Waals surface area contributed by atoms with Crippen LogP contribution >= 0.6 is 0 Å². The highest BCUT2D eigenvalue weighted by Gasteiger charge is 2.28. The lowest BCUT2D eigenvalue weighted by molar-refractivity contribution is -0.142. The van der Waals surface area contributed by atoms with E-state index in [1.165, 1.54) is 0 Å². The van der Waals surface area contributed by atoms with Crippen molar-refractivity contribution >= 4 is 29.7 Å². The van der Waals surface area contributed by atoms with Crippen LogP contribution in [-0.2, 0) is 19.2 Å². The molecule has 0 aromatic carbocycles. The van der Waals surface area contributed by atoms with Crippen molar-refractivity contribution in [3.63, 3.8) is 0 Å². The van der Waals surface area contributed by atoms with Gasteiger partial charge in [-0.3, -0.25) is 19.4 Å². The first-order chi connectivity index (χ1) is 15.5. The number of nitrogens with zero attached hydrogens (tertiary/aromatic N) is 1. The third-order valence-corrected chi connectivity index (χ3v) is 5.10. The molecule has 13 nitrogen and oxygen atoms in total. The highest BCUT2D eigenvalue weighted by Crippen LogP contribution is 2.09. The van der Waals surface area contributed by atoms with E-state index in [1.54, 1.807) is 6.92 Å². The molecule has 0 aliphatic carbocycles. The number of hydrogen-bond donors (Lipinski definition) is 8. The summed E-state index contributed by atoms with van der Waals surface area (Å²) in [6, 6.07) is -2.81. The number of hydrogen-bond acceptors (Lipinski definition) is 7. The molecule has 33 heavy (non-hydrogen) atoms. The van der Waals surface area contributed by atoms with E-state index in [1.807, 2.05) is 6.92 Å². The molecule has 4 unspecified atom stereocenters. The molecule has 0 bridgehead atoms. The summed E-state index contributed by atoms with van der Waals surface area (Å²) in [6.07, 6.45) is 2.94. The Kier molecular flexibility index (Phi) is 15.2. The summed E-state index contributed by atoms with van der Waals surface area (Å²) in [5, 5.41) is 16.7. The molecule has 0 aliphatic rings. The summed E-state index contributed by atoms with van der Waals surface area (Å²) in [7, 11) is 0. The number of nitrogens with two attached hydrogens (primary N) is 4. The molecular formula is C20H40N8O5. The van der Waals surface area contributed by atoms with Crippen LogP contribution in [0.3, 0.4) is 0 Å². The highest BCUT2D eigenvalue weighted by molar-refractivity contribution is 5.92. The van der Waals surface area contributed by atoms with Crippen LogP contribution in [0.15, 0.2) is 4.99 Å². The molecule has 4 atom stereocenters. The maximum atomic E-state index is 12.6. The van der Waals surface area contributed by atoms with Crippen molar-refractivity contribution < 1.29 is 24.3 Å². The van der Waals surface area contributed by atoms with E-state index in [0.29, 0.717) is 32.2 Å². The Hall–Kier alpha value is -2.93. The van der Waals surface area contributed by atoms with E-state index >= 15 is 0 Å². The van der Waals surface area contributed by atoms with Crippen LogP contribution in [0.1, 0.15) is 52.4 Å². The number of unbranched alkanes of at least 4 members (excludes halogenated alkanes) is 1. The van der Waals surface area contributed by atoms with Crippen LogP contribution in [0.25, 0.3) is 0 Å². The molecule has 0 fully saturated rings. The third-order valence-electron chi connectivity index (χ3n) is 5.10. The number of carbonyl (C=O) groups is 4. The lowest BCUT2D eigenvalue weighted by Gasteiger charge is -2.25. The van der Waals surface area contributed by atoms with Gasteiger partial charge in [0.15, 0.2) is 5.96 Å². The van der Waals surface area contributed by atoms with Crippen molar-refractivity contribution in [2.45, 2.75) is 70.5 Å². The van der Waals surface area contributed by atoms with Crippen molar-refractivity contribution in [2.24, 2.45) is 33.8 Å². The Bertz CT molecular complexity index is 669. The Morgan fingerprint density at radius 1 is 1.00 bits per heavy atom. The fraction of sp³-hybridized carbons (Fsp3) is 0.750. The molecule has 0 spiro atoms. The van der Waals surface area contributed by atoms with Gasteiger partial charge in [0.25, 0.3) is 0 Å². The minimum Gasteiger partial charge on any atom is -0.480 e. The Morgan fingerprint density at radius 2 is 1.67 bits per heavy atom. The maximum Gasteiger partial charge on any atom is 0.326 e. The molecule has 0 heterocycles. The van der Waals surface area contributed by atoms with Gasteiger partial charge in [-0.2, -0.15) is 0 Å². The van der Waals surface area contributed by atoms with Crippen LogP contribution in [0, 0.1) is 5.92 Å². The SMILES string of the molecule is CCC(C)C(NC(=O)C(N)CCCCN)C(=O)NCC(=O)NC(CCCN=C(N)N)C(=O)O. The highest BCUT2D eigenvalue weighted by atomic mass is 16.4. The molecule has 0 aromatic heterocycles. The first-order valence-corrected chi connectivity index (χ1v) is 11.1. The Labute approximate surface area is 194 Å². The molecule has 0 saturated carbocycles. The quantitative estimate of drug-likeness (QED) is 0.0644. The minimum atomic E-state index is -1.22. The van der Waals surface area contributed by atoms with Gasteiger partial charge in [-0.25, -0.2) is 4.79 Å². The molecule has 0 saturated heterocycles. The van der Waals surface area contributed by atoms with Crippen LogP contribution in [0.2, 0.25) is 0 Å². The summed E-state index contributed by atoms with van der Waals surface area (Å²) >= 11 is 0. The molecule has 190 valence electrons. The number of aliphatic carboxylic acids is 1. The van der Waals surface area contributed by atoms with E-state index in [9.17, 15) is 24.3 Å². The standard InChI is InChI=1S/C20H40N8O5/c1-3-12(2)16(28-17(30)13(22)7-4-5-9-21)18(31)26-11-15(29)27-14(19(32)33)8-6-10-25-20(23)24/h12-14,16H,3-11,21-22H2,1-2H3,(H,26,31)(H,27,29)(H,28,30)(H,32,33)(H4,23,24,25). The number of guanidine groups is 1. The van der Waals surface area contributed by atoms with E-state index in [0.717, 1.165) is 6.42 Å². The third kappa shape index (κ3) is 13.3. The van der Waals surface area contributed by atoms with Gasteiger partial charge in [-0.1, -0.05) is 26.7 Å². The Balaban J connectivity index is 4.80. The lowest BCUT2D eigenvalue weighted by atomic mass is 9.97. The largest absolute Gasteiger partial charge is 0.480 e. The molecule has 0 radical (unpaired) electrons. The number of carboxylic acids is 1. The minimum absolute atomic E-state index is 0.104. The predicted octanol–water partition coefficient (Wildman–Crippen LogP) is -2.29. The molecule has 0 aliphatic heterocycles. The number of aliphatic imine (C=N–C) groups is 1. The maximum absolute atomic E-state index is 12.6. The van der Waals surface area contributed by atoms with Crippen molar-refractivity contribution in [1.29, 1.82) is 0 Å². The van der Waals surface area contributed by atoms with E-state index < -0.39 is 48.4 Å². The van der Waals surface area contributed by atoms with Crippen LogP contribution in [0.4, 0.5) is 0 Å². The molecule has 12 N–H and O–H groups in total. The number of carboxylic acid groups (broad SMARTS) is 1. The summed E-state index contributed by atoms with van der Waals surface area (Å²) in [4.78, 5) is 52.3. The monoisotopic (exact) mass is 472 g/mol. The fourth-order valence-electron chi connectivity index (χ4n) is 2.89. The zero-order valence-electron chi connectivity index (χ0n) is 19.5. The molecule has 13 heteroatoms. The van der Waals surface area contributed by atoms with Gasteiger partial charge in [0.1, 0.15) is 12.1 Å². The summed E-state index contributed by atoms with van der Waals surface area (Å²) < 4.78 is 0. The van der Waals surface area contributed by atoms with E-state index in [4.69, 9.17) is 22.9 Å². The fourth-order valence-corrected chi connectivity index (χ4v) is 2.89. The van der Waals surface area contributed by atoms with Crippen molar-refractivity contribution in [1.82, 2.24) is 16.0 Å². The average molecular weight is 473 g/mol. The smallest absolute Gasteiger partial charge is 0.326 e. The number of rotatable bonds is 17. The molecular weight excluding hydrogens is 432 g/mol. The van der Waals surface area contributed by atoms with Gasteiger partial charge in [0, 0.05) is 6.54 Å². The topological polar surface area (TPSA) is 241 Å². The summed E-state index contributed by atoms with van der Waals surface area (Å²) in [6.45, 7) is 3.95. The molecule has 3 amide bonds. The molecule has 0 aromatic rings. The lowest BCUT2D eigenvalue weighted by Crippen LogP contribution is -2.55. The van der Waals surface area contributed by atoms with Gasteiger partial charge >= 0.3 is 5.97 Å². The van der Waals surface area contributed by atoms with Gasteiger partial charge in [0.2, 0.25) is 17.7 Å². The predicted molar refractivity (Wildman–Crippen MR) is 125 cm³/mol. The van der Waals surface area contributed by atoms with Crippen LogP contribution < -0.4 is 38.9 Å². The molecule has 0 rings (SSSR count). The van der Waals surface area contributed by atoms with E-state index in [-0.39, 0.29) is 24.8 Å². The summed E-state index contributed by atoms with van der Waals surface area (Å²) in [5.74, 6) is -3.22. The Morgan fingerprint density at radius 3 is 2.21 bits per heavy atom. The van der Waals surface area contributed by atoms with Crippen LogP contribution in [-0.4, -0.2) is 72.5 Å². The van der Waals surface area contributed by atoms with Gasteiger partial charge in [-0.15, -0.1) is 0 Å². The van der Waals surface area contributed by atoms with Crippen molar-refractivity contribution in [3.05, 3.63) is 0 Å². The second-order valence-electron chi connectivity index (χ2n) is 7.89. The van der Waals surface area contributed by atoms with Crippen molar-refractivity contribution in [2.75, 3.05) is 19.6 Å². The number of nitrogens with one attached hydrogen (secondary N) is 3. The zero-order chi connectivity index (χ0) is 25.4. The average Bonchev–Trinajstić information content (AvgIpc) is 2.76. The normalized spacial score (nSPS) is 14.3. The number of amides is 3. The zero-order valence-corrected chi connectivity index (χ0v) is 19.5. The second kappa shape index (κ2) is 16.7. The van der Waals surface area contributed by atoms with Crippen molar-refractivity contribution in [3.8, 4) is 0 Å². The van der Waals surface area contributed by atoms with Gasteiger partial charge in [-0.05, 0) is 38.1 Å². The first-order valence-electron chi connectivity index (χ1n) is 11.1. The van der Waals surface area contributed by atoms with Gasteiger partial charge < -0.3 is 44.0 Å². The first kappa shape index (κ1) is 30.1.